The largest absolute Gasteiger partial charge is 0.370 e. The average Bonchev–Trinajstić information content (AvgIpc) is 2.45. The summed E-state index contributed by atoms with van der Waals surface area (Å²) in [6, 6.07) is 8.16. The minimum atomic E-state index is 0. The van der Waals surface area contributed by atoms with Gasteiger partial charge in [-0.25, -0.2) is 0 Å². The predicted molar refractivity (Wildman–Crippen MR) is 111 cm³/mol. The first kappa shape index (κ1) is 20.2. The van der Waals surface area contributed by atoms with E-state index in [1.807, 2.05) is 12.1 Å². The van der Waals surface area contributed by atoms with Crippen molar-refractivity contribution in [3.05, 3.63) is 29.8 Å². The van der Waals surface area contributed by atoms with E-state index in [0.717, 1.165) is 24.7 Å². The van der Waals surface area contributed by atoms with Gasteiger partial charge < -0.3 is 11.1 Å². The van der Waals surface area contributed by atoms with Crippen molar-refractivity contribution >= 4 is 35.6 Å². The highest BCUT2D eigenvalue weighted by atomic mass is 127. The third-order valence-electron chi connectivity index (χ3n) is 4.44. The van der Waals surface area contributed by atoms with Gasteiger partial charge in [0.2, 0.25) is 0 Å². The maximum Gasteiger partial charge on any atom is 0.193 e. The van der Waals surface area contributed by atoms with Crippen LogP contribution < -0.4 is 11.1 Å². The molecule has 1 heterocycles. The summed E-state index contributed by atoms with van der Waals surface area (Å²) in [6.45, 7) is 12.0. The summed E-state index contributed by atoms with van der Waals surface area (Å²) in [6.07, 6.45) is 2.62. The first-order valence-corrected chi connectivity index (χ1v) is 8.25. The van der Waals surface area contributed by atoms with E-state index < -0.39 is 0 Å². The van der Waals surface area contributed by atoms with E-state index in [1.165, 1.54) is 18.4 Å². The lowest BCUT2D eigenvalue weighted by Gasteiger charge is -2.42. The number of piperidine rings is 1. The summed E-state index contributed by atoms with van der Waals surface area (Å²) in [4.78, 5) is 7.11. The lowest BCUT2D eigenvalue weighted by atomic mass is 9.94. The molecule has 1 aliphatic rings. The Kier molecular flexibility index (Phi) is 7.80. The highest BCUT2D eigenvalue weighted by Crippen LogP contribution is 2.24. The predicted octanol–water partition coefficient (Wildman–Crippen LogP) is 3.85. The fourth-order valence-corrected chi connectivity index (χ4v) is 3.03. The Morgan fingerprint density at radius 2 is 2.17 bits per heavy atom. The smallest absolute Gasteiger partial charge is 0.193 e. The number of anilines is 1. The van der Waals surface area contributed by atoms with Gasteiger partial charge in [-0.05, 0) is 63.8 Å². The second kappa shape index (κ2) is 8.87. The molecule has 130 valence electrons. The van der Waals surface area contributed by atoms with Gasteiger partial charge in [0.05, 0.1) is 6.54 Å². The molecule has 1 saturated heterocycles. The fraction of sp³-hybridized carbons (Fsp3) is 0.611. The van der Waals surface area contributed by atoms with Crippen molar-refractivity contribution in [2.24, 2.45) is 16.6 Å². The summed E-state index contributed by atoms with van der Waals surface area (Å²) in [5, 5.41) is 3.18. The zero-order valence-corrected chi connectivity index (χ0v) is 17.1. The van der Waals surface area contributed by atoms with Crippen molar-refractivity contribution < 1.29 is 0 Å². The van der Waals surface area contributed by atoms with E-state index in [4.69, 9.17) is 5.73 Å². The number of nitrogens with one attached hydrogen (secondary N) is 1. The minimum Gasteiger partial charge on any atom is -0.370 e. The molecule has 1 aliphatic heterocycles. The van der Waals surface area contributed by atoms with Gasteiger partial charge in [-0.15, -0.1) is 24.0 Å². The monoisotopic (exact) mass is 430 g/mol. The Bertz CT molecular complexity index is 528. The average molecular weight is 430 g/mol. The molecule has 0 bridgehead atoms. The normalized spacial score (nSPS) is 20.0. The Morgan fingerprint density at radius 3 is 2.83 bits per heavy atom. The van der Waals surface area contributed by atoms with Crippen LogP contribution in [0.1, 0.15) is 39.2 Å². The van der Waals surface area contributed by atoms with E-state index in [-0.39, 0.29) is 29.5 Å². The molecule has 23 heavy (non-hydrogen) atoms. The highest BCUT2D eigenvalue weighted by molar-refractivity contribution is 14.0. The van der Waals surface area contributed by atoms with Crippen LogP contribution in [0.25, 0.3) is 0 Å². The SMILES string of the molecule is Cc1cccc(NC(N)=NCC(C)(C)N2CCCC(C)C2)c1.I. The van der Waals surface area contributed by atoms with Crippen LogP contribution in [-0.2, 0) is 0 Å². The summed E-state index contributed by atoms with van der Waals surface area (Å²) in [5.74, 6) is 1.27. The number of hydrogen-bond acceptors (Lipinski definition) is 2. The van der Waals surface area contributed by atoms with Crippen LogP contribution in [0.5, 0.6) is 0 Å². The molecule has 1 aromatic rings. The molecule has 0 radical (unpaired) electrons. The number of nitrogens with zero attached hydrogens (tertiary/aromatic N) is 2. The number of halogens is 1. The Hall–Kier alpha value is -0.820. The zero-order chi connectivity index (χ0) is 16.2. The zero-order valence-electron chi connectivity index (χ0n) is 14.8. The quantitative estimate of drug-likeness (QED) is 0.434. The molecule has 4 nitrogen and oxygen atoms in total. The molecule has 2 rings (SSSR count). The molecular formula is C18H31IN4. The van der Waals surface area contributed by atoms with Crippen molar-refractivity contribution in [2.75, 3.05) is 25.0 Å². The van der Waals surface area contributed by atoms with Crippen LogP contribution >= 0.6 is 24.0 Å². The van der Waals surface area contributed by atoms with E-state index >= 15 is 0 Å². The maximum atomic E-state index is 6.04. The van der Waals surface area contributed by atoms with Gasteiger partial charge in [0.15, 0.2) is 5.96 Å². The standard InChI is InChI=1S/C18H30N4.HI/c1-14-7-5-9-16(11-14)21-17(19)20-13-18(3,4)22-10-6-8-15(2)12-22;/h5,7,9,11,15H,6,8,10,12-13H2,1-4H3,(H3,19,20,21);1H. The number of hydrogen-bond donors (Lipinski definition) is 2. The Morgan fingerprint density at radius 1 is 1.43 bits per heavy atom. The summed E-state index contributed by atoms with van der Waals surface area (Å²) in [5.41, 5.74) is 8.29. The molecule has 1 fully saturated rings. The van der Waals surface area contributed by atoms with Crippen LogP contribution in [0, 0.1) is 12.8 Å². The van der Waals surface area contributed by atoms with Gasteiger partial charge in [0, 0.05) is 17.8 Å². The van der Waals surface area contributed by atoms with Crippen LogP contribution in [0.3, 0.4) is 0 Å². The minimum absolute atomic E-state index is 0. The molecule has 1 atom stereocenters. The summed E-state index contributed by atoms with van der Waals surface area (Å²) >= 11 is 0. The van der Waals surface area contributed by atoms with E-state index in [1.54, 1.807) is 0 Å². The van der Waals surface area contributed by atoms with Gasteiger partial charge in [0.25, 0.3) is 0 Å². The van der Waals surface area contributed by atoms with Crippen molar-refractivity contribution in [2.45, 2.75) is 46.1 Å². The first-order chi connectivity index (χ1) is 10.4. The van der Waals surface area contributed by atoms with Crippen molar-refractivity contribution in [3.63, 3.8) is 0 Å². The third kappa shape index (κ3) is 6.30. The molecular weight excluding hydrogens is 399 g/mol. The van der Waals surface area contributed by atoms with Crippen LogP contribution in [0.15, 0.2) is 29.3 Å². The lowest BCUT2D eigenvalue weighted by molar-refractivity contribution is 0.0775. The van der Waals surface area contributed by atoms with Crippen LogP contribution in [0.4, 0.5) is 5.69 Å². The van der Waals surface area contributed by atoms with Crippen molar-refractivity contribution in [3.8, 4) is 0 Å². The molecule has 0 amide bonds. The number of aliphatic imine (C=N–C) groups is 1. The molecule has 0 saturated carbocycles. The van der Waals surface area contributed by atoms with Gasteiger partial charge in [0.1, 0.15) is 0 Å². The van der Waals surface area contributed by atoms with Crippen LogP contribution in [-0.4, -0.2) is 36.0 Å². The topological polar surface area (TPSA) is 53.6 Å². The Balaban J connectivity index is 0.00000264. The Labute approximate surface area is 157 Å². The van der Waals surface area contributed by atoms with E-state index in [2.05, 4.69) is 55.0 Å². The first-order valence-electron chi connectivity index (χ1n) is 8.25. The van der Waals surface area contributed by atoms with Gasteiger partial charge in [-0.2, -0.15) is 0 Å². The highest BCUT2D eigenvalue weighted by Gasteiger charge is 2.29. The number of likely N-dealkylation sites (tertiary alicyclic amines) is 1. The van der Waals surface area contributed by atoms with Gasteiger partial charge in [-0.3, -0.25) is 9.89 Å². The maximum absolute atomic E-state index is 6.04. The molecule has 0 spiro atoms. The van der Waals surface area contributed by atoms with Crippen molar-refractivity contribution in [1.82, 2.24) is 4.90 Å². The second-order valence-electron chi connectivity index (χ2n) is 7.20. The van der Waals surface area contributed by atoms with E-state index in [9.17, 15) is 0 Å². The number of benzene rings is 1. The van der Waals surface area contributed by atoms with Gasteiger partial charge in [-0.1, -0.05) is 19.1 Å². The number of rotatable bonds is 4. The summed E-state index contributed by atoms with van der Waals surface area (Å²) < 4.78 is 0. The van der Waals surface area contributed by atoms with Crippen molar-refractivity contribution in [1.29, 1.82) is 0 Å². The molecule has 1 unspecified atom stereocenters. The van der Waals surface area contributed by atoms with E-state index in [0.29, 0.717) is 12.5 Å². The summed E-state index contributed by atoms with van der Waals surface area (Å²) in [7, 11) is 0. The lowest BCUT2D eigenvalue weighted by Crippen LogP contribution is -2.51. The molecule has 1 aromatic carbocycles. The third-order valence-corrected chi connectivity index (χ3v) is 4.44. The number of aryl methyl sites for hydroxylation is 1. The molecule has 3 N–H and O–H groups in total. The fourth-order valence-electron chi connectivity index (χ4n) is 3.03. The molecule has 0 aliphatic carbocycles. The van der Waals surface area contributed by atoms with Crippen LogP contribution in [0.2, 0.25) is 0 Å². The molecule has 5 heteroatoms. The number of guanidine groups is 1. The second-order valence-corrected chi connectivity index (χ2v) is 7.20. The van der Waals surface area contributed by atoms with Gasteiger partial charge >= 0.3 is 0 Å². The molecule has 0 aromatic heterocycles. The number of nitrogens with two attached hydrogens (primary N) is 1.